The summed E-state index contributed by atoms with van der Waals surface area (Å²) in [6, 6.07) is 3.01. The second-order valence-corrected chi connectivity index (χ2v) is 13.5. The van der Waals surface area contributed by atoms with Crippen LogP contribution in [0.25, 0.3) is 0 Å². The predicted molar refractivity (Wildman–Crippen MR) is 141 cm³/mol. The number of carbonyl (C=O) groups excluding carboxylic acids is 1. The lowest BCUT2D eigenvalue weighted by atomic mass is 9.43. The van der Waals surface area contributed by atoms with E-state index in [0.29, 0.717) is 44.1 Å². The second-order valence-electron chi connectivity index (χ2n) is 13.5. The molecular weight excluding hydrogens is 536 g/mol. The normalized spacial score (nSPS) is 51.3. The predicted octanol–water partition coefficient (Wildman–Crippen LogP) is 0.216. The SMILES string of the molecule is C[C@]12CC[C@H]3[C@@H](CC[C@@H]4C[C@@H](O[C@@H]5O[C@H](CO)[C@@H](O)[C@H](O)[C@H]5O)CC[C@@]43C=O)[C@@]1(O)C[C@H](O)[C@@H]2c1ccc(=O)oc1. The fourth-order valence-corrected chi connectivity index (χ4v) is 9.78. The van der Waals surface area contributed by atoms with Crippen molar-refractivity contribution >= 4 is 6.29 Å². The van der Waals surface area contributed by atoms with Crippen LogP contribution in [0.3, 0.4) is 0 Å². The molecule has 14 atom stereocenters. The molecule has 11 heteroatoms. The summed E-state index contributed by atoms with van der Waals surface area (Å²) in [5.74, 6) is -0.653. The Hall–Kier alpha value is -1.70. The molecule has 1 aromatic rings. The number of aliphatic hydroxyl groups is 6. The van der Waals surface area contributed by atoms with Crippen molar-refractivity contribution in [3.63, 3.8) is 0 Å². The van der Waals surface area contributed by atoms with Crippen molar-refractivity contribution in [1.82, 2.24) is 0 Å². The third-order valence-corrected chi connectivity index (χ3v) is 11.9. The van der Waals surface area contributed by atoms with Gasteiger partial charge in [-0.25, -0.2) is 4.79 Å². The van der Waals surface area contributed by atoms with E-state index in [1.807, 2.05) is 6.92 Å². The summed E-state index contributed by atoms with van der Waals surface area (Å²) in [4.78, 5) is 24.5. The minimum atomic E-state index is -1.52. The van der Waals surface area contributed by atoms with Crippen LogP contribution in [0.4, 0.5) is 0 Å². The van der Waals surface area contributed by atoms with Gasteiger partial charge in [0.05, 0.1) is 30.7 Å². The molecule has 11 nitrogen and oxygen atoms in total. The van der Waals surface area contributed by atoms with E-state index in [0.717, 1.165) is 12.7 Å². The molecule has 6 N–H and O–H groups in total. The molecule has 0 aromatic carbocycles. The molecule has 1 aliphatic heterocycles. The van der Waals surface area contributed by atoms with Gasteiger partial charge in [0.2, 0.25) is 0 Å². The number of aliphatic hydroxyl groups excluding tert-OH is 5. The fourth-order valence-electron chi connectivity index (χ4n) is 9.78. The molecule has 6 rings (SSSR count). The Morgan fingerprint density at radius 3 is 2.49 bits per heavy atom. The molecule has 5 aliphatic rings. The van der Waals surface area contributed by atoms with Gasteiger partial charge in [-0.3, -0.25) is 0 Å². The Kier molecular flexibility index (Phi) is 7.51. The van der Waals surface area contributed by atoms with Gasteiger partial charge in [0, 0.05) is 29.2 Å². The Bertz CT molecular complexity index is 1170. The van der Waals surface area contributed by atoms with Gasteiger partial charge < -0.3 is 49.3 Å². The molecule has 0 bridgehead atoms. The van der Waals surface area contributed by atoms with E-state index in [-0.39, 0.29) is 30.3 Å². The highest BCUT2D eigenvalue weighted by atomic mass is 16.7. The van der Waals surface area contributed by atoms with E-state index in [9.17, 15) is 40.2 Å². The first-order valence-electron chi connectivity index (χ1n) is 14.9. The first kappa shape index (κ1) is 29.4. The Labute approximate surface area is 238 Å². The number of rotatable bonds is 5. The van der Waals surface area contributed by atoms with Crippen molar-refractivity contribution in [3.8, 4) is 0 Å². The van der Waals surface area contributed by atoms with E-state index in [1.165, 1.54) is 12.3 Å². The molecule has 0 amide bonds. The van der Waals surface area contributed by atoms with Gasteiger partial charge in [0.25, 0.3) is 0 Å². The topological polar surface area (TPSA) is 187 Å². The van der Waals surface area contributed by atoms with Crippen LogP contribution in [-0.2, 0) is 14.3 Å². The van der Waals surface area contributed by atoms with Crippen LogP contribution in [0.15, 0.2) is 27.6 Å². The third-order valence-electron chi connectivity index (χ3n) is 11.9. The zero-order valence-electron chi connectivity index (χ0n) is 23.2. The van der Waals surface area contributed by atoms with E-state index in [2.05, 4.69) is 0 Å². The maximum atomic E-state index is 13.0. The van der Waals surface area contributed by atoms with Crippen LogP contribution in [0, 0.1) is 28.6 Å². The van der Waals surface area contributed by atoms with Crippen molar-refractivity contribution in [2.24, 2.45) is 28.6 Å². The van der Waals surface area contributed by atoms with Crippen LogP contribution >= 0.6 is 0 Å². The number of fused-ring (bicyclic) bond motifs is 5. The molecular formula is C30H42O11. The molecule has 0 unspecified atom stereocenters. The molecule has 2 heterocycles. The lowest BCUT2D eigenvalue weighted by Gasteiger charge is -2.62. The zero-order chi connectivity index (χ0) is 29.3. The van der Waals surface area contributed by atoms with E-state index >= 15 is 0 Å². The molecule has 0 radical (unpaired) electrons. The Morgan fingerprint density at radius 2 is 1.80 bits per heavy atom. The largest absolute Gasteiger partial charge is 0.431 e. The van der Waals surface area contributed by atoms with Crippen LogP contribution in [0.1, 0.15) is 69.8 Å². The highest BCUT2D eigenvalue weighted by Gasteiger charge is 2.70. The average molecular weight is 579 g/mol. The molecule has 1 saturated heterocycles. The van der Waals surface area contributed by atoms with Gasteiger partial charge in [-0.05, 0) is 74.3 Å². The summed E-state index contributed by atoms with van der Waals surface area (Å²) in [6.45, 7) is 1.48. The fraction of sp³-hybridized carbons (Fsp3) is 0.800. The molecule has 4 saturated carbocycles. The van der Waals surface area contributed by atoms with Gasteiger partial charge in [0.1, 0.15) is 30.7 Å². The number of hydrogen-bond donors (Lipinski definition) is 6. The number of carbonyl (C=O) groups is 1. The van der Waals surface area contributed by atoms with Crippen LogP contribution in [0.5, 0.6) is 0 Å². The molecule has 0 spiro atoms. The van der Waals surface area contributed by atoms with Crippen molar-refractivity contribution in [2.75, 3.05) is 6.61 Å². The smallest absolute Gasteiger partial charge is 0.335 e. The van der Waals surface area contributed by atoms with Crippen LogP contribution in [-0.4, -0.2) is 92.0 Å². The van der Waals surface area contributed by atoms with Crippen molar-refractivity contribution in [3.05, 3.63) is 34.4 Å². The second kappa shape index (κ2) is 10.5. The summed E-state index contributed by atoms with van der Waals surface area (Å²) in [5, 5.41) is 63.9. The van der Waals surface area contributed by atoms with Crippen LogP contribution < -0.4 is 5.63 Å². The molecule has 5 fully saturated rings. The minimum absolute atomic E-state index is 0.0108. The number of hydrogen-bond acceptors (Lipinski definition) is 11. The van der Waals surface area contributed by atoms with Gasteiger partial charge >= 0.3 is 5.63 Å². The highest BCUT2D eigenvalue weighted by molar-refractivity contribution is 5.62. The van der Waals surface area contributed by atoms with Crippen molar-refractivity contribution in [2.45, 2.75) is 113 Å². The summed E-state index contributed by atoms with van der Waals surface area (Å²) < 4.78 is 16.7. The van der Waals surface area contributed by atoms with Crippen molar-refractivity contribution < 1.29 is 49.3 Å². The maximum Gasteiger partial charge on any atom is 0.335 e. The molecule has 228 valence electrons. The first-order valence-corrected chi connectivity index (χ1v) is 14.9. The summed E-state index contributed by atoms with van der Waals surface area (Å²) >= 11 is 0. The van der Waals surface area contributed by atoms with Gasteiger partial charge in [0.15, 0.2) is 6.29 Å². The minimum Gasteiger partial charge on any atom is -0.431 e. The van der Waals surface area contributed by atoms with Gasteiger partial charge in [-0.2, -0.15) is 0 Å². The quantitative estimate of drug-likeness (QED) is 0.207. The van der Waals surface area contributed by atoms with Gasteiger partial charge in [-0.1, -0.05) is 6.92 Å². The summed E-state index contributed by atoms with van der Waals surface area (Å²) in [5.41, 5.74) is -2.28. The first-order chi connectivity index (χ1) is 19.5. The maximum absolute atomic E-state index is 13.0. The summed E-state index contributed by atoms with van der Waals surface area (Å²) in [6.07, 6.45) is -0.946. The van der Waals surface area contributed by atoms with E-state index in [1.54, 1.807) is 6.07 Å². The highest BCUT2D eigenvalue weighted by Crippen LogP contribution is 2.70. The lowest BCUT2D eigenvalue weighted by molar-refractivity contribution is -0.316. The molecule has 1 aromatic heterocycles. The zero-order valence-corrected chi connectivity index (χ0v) is 23.2. The van der Waals surface area contributed by atoms with Crippen LogP contribution in [0.2, 0.25) is 0 Å². The van der Waals surface area contributed by atoms with Gasteiger partial charge in [-0.15, -0.1) is 0 Å². The van der Waals surface area contributed by atoms with Crippen molar-refractivity contribution in [1.29, 1.82) is 0 Å². The summed E-state index contributed by atoms with van der Waals surface area (Å²) in [7, 11) is 0. The monoisotopic (exact) mass is 578 g/mol. The third kappa shape index (κ3) is 4.30. The number of ether oxygens (including phenoxy) is 2. The number of aldehydes is 1. The average Bonchev–Trinajstić information content (AvgIpc) is 3.18. The van der Waals surface area contributed by atoms with E-state index < -0.39 is 71.4 Å². The Balaban J connectivity index is 1.21. The molecule has 4 aliphatic carbocycles. The van der Waals surface area contributed by atoms with E-state index in [4.69, 9.17) is 13.9 Å². The lowest BCUT2D eigenvalue weighted by Crippen LogP contribution is -2.63. The molecule has 41 heavy (non-hydrogen) atoms. The standard InChI is InChI=1S/C30H42O11/c1-28-8-7-18-19(30(28,38)11-20(33)23(28)15-2-5-22(34)39-13-15)4-3-16-10-17(6-9-29(16,18)14-32)40-27-26(37)25(36)24(35)21(12-31)41-27/h2,5,13-14,16-21,23-27,31,33,35-38H,3-4,6-12H2,1H3/t16-,17+,18+,19-,20+,21-,23+,24-,25+,26-,27-,28-,29-,30+/m1/s1. The Morgan fingerprint density at radius 1 is 1.02 bits per heavy atom.